The van der Waals surface area contributed by atoms with Crippen molar-refractivity contribution in [2.24, 2.45) is 0 Å². The van der Waals surface area contributed by atoms with Crippen LogP contribution in [0.15, 0.2) is 48.6 Å². The first-order valence-electron chi connectivity index (χ1n) is 21.7. The number of esters is 2. The normalized spacial score (nSPS) is 21.0. The van der Waals surface area contributed by atoms with Crippen LogP contribution in [0.1, 0.15) is 162 Å². The summed E-state index contributed by atoms with van der Waals surface area (Å²) in [4.78, 5) is 25.3. The van der Waals surface area contributed by atoms with Gasteiger partial charge in [0.1, 0.15) is 36.8 Å². The predicted octanol–water partition coefficient (Wildman–Crippen LogP) is 8.39. The highest BCUT2D eigenvalue weighted by atomic mass is 32.2. The maximum atomic E-state index is 12.8. The fourth-order valence-corrected chi connectivity index (χ4v) is 7.00. The smallest absolute Gasteiger partial charge is 0.306 e. The molecule has 0 aromatic carbocycles. The summed E-state index contributed by atoms with van der Waals surface area (Å²) < 4.78 is 53.9. The fourth-order valence-electron chi connectivity index (χ4n) is 6.31. The average molecular weight is 829 g/mol. The SMILES string of the molecule is CC/C=C/C/C=C/C/C=C/C/C=C/CCCCC(=O)OC[C@H](CO[C@H]1O[C@H](CS(=O)(=O)O)[C@@H](O)C(O)C1O)OC(=O)CCCCCCCCCCCCCCCC. The number of rotatable bonds is 35. The lowest BCUT2D eigenvalue weighted by atomic mass is 10.00. The van der Waals surface area contributed by atoms with Gasteiger partial charge in [-0.15, -0.1) is 0 Å². The number of carbonyl (C=O) groups excluding carboxylic acids is 2. The van der Waals surface area contributed by atoms with Crippen LogP contribution in [0.5, 0.6) is 0 Å². The molecule has 1 fully saturated rings. The van der Waals surface area contributed by atoms with Crippen molar-refractivity contribution >= 4 is 22.1 Å². The summed E-state index contributed by atoms with van der Waals surface area (Å²) in [5.74, 6) is -2.04. The molecule has 0 spiro atoms. The summed E-state index contributed by atoms with van der Waals surface area (Å²) >= 11 is 0. The van der Waals surface area contributed by atoms with Crippen molar-refractivity contribution in [3.63, 3.8) is 0 Å². The lowest BCUT2D eigenvalue weighted by Crippen LogP contribution is -2.60. The lowest BCUT2D eigenvalue weighted by molar-refractivity contribution is -0.297. The van der Waals surface area contributed by atoms with Gasteiger partial charge in [-0.3, -0.25) is 14.1 Å². The molecule has 1 aliphatic heterocycles. The molecule has 12 nitrogen and oxygen atoms in total. The Balaban J connectivity index is 2.50. The van der Waals surface area contributed by atoms with Crippen LogP contribution in [0.4, 0.5) is 0 Å². The van der Waals surface area contributed by atoms with E-state index in [1.807, 2.05) is 0 Å². The molecule has 0 radical (unpaired) electrons. The molecule has 1 saturated heterocycles. The van der Waals surface area contributed by atoms with Gasteiger partial charge in [-0.25, -0.2) is 0 Å². The summed E-state index contributed by atoms with van der Waals surface area (Å²) in [5.41, 5.74) is 0. The Hall–Kier alpha value is -2.39. The molecule has 57 heavy (non-hydrogen) atoms. The summed E-state index contributed by atoms with van der Waals surface area (Å²) in [7, 11) is -4.60. The van der Waals surface area contributed by atoms with E-state index in [4.69, 9.17) is 18.9 Å². The maximum absolute atomic E-state index is 12.8. The van der Waals surface area contributed by atoms with E-state index in [2.05, 4.69) is 62.5 Å². The Morgan fingerprint density at radius 3 is 1.65 bits per heavy atom. The Bertz CT molecular complexity index is 1250. The number of unbranched alkanes of at least 4 members (excludes halogenated alkanes) is 15. The van der Waals surface area contributed by atoms with Gasteiger partial charge in [0.05, 0.1) is 6.61 Å². The van der Waals surface area contributed by atoms with Crippen molar-refractivity contribution in [2.75, 3.05) is 19.0 Å². The number of hydrogen-bond donors (Lipinski definition) is 4. The number of hydrogen-bond acceptors (Lipinski definition) is 11. The maximum Gasteiger partial charge on any atom is 0.306 e. The molecule has 0 aromatic heterocycles. The summed E-state index contributed by atoms with van der Waals surface area (Å²) in [6.45, 7) is 3.60. The zero-order valence-corrected chi connectivity index (χ0v) is 35.7. The van der Waals surface area contributed by atoms with Crippen LogP contribution in [-0.2, 0) is 38.7 Å². The largest absolute Gasteiger partial charge is 0.462 e. The molecule has 330 valence electrons. The molecule has 0 saturated carbocycles. The zero-order valence-electron chi connectivity index (χ0n) is 34.9. The van der Waals surface area contributed by atoms with E-state index in [1.54, 1.807) is 0 Å². The quantitative estimate of drug-likeness (QED) is 0.0207. The number of aliphatic hydroxyl groups is 3. The predicted molar refractivity (Wildman–Crippen MR) is 224 cm³/mol. The van der Waals surface area contributed by atoms with Crippen LogP contribution in [-0.4, -0.2) is 96.0 Å². The van der Waals surface area contributed by atoms with Gasteiger partial charge < -0.3 is 34.3 Å². The van der Waals surface area contributed by atoms with Crippen LogP contribution in [0.3, 0.4) is 0 Å². The first-order chi connectivity index (χ1) is 27.5. The van der Waals surface area contributed by atoms with Crippen molar-refractivity contribution in [2.45, 2.75) is 198 Å². The summed E-state index contributed by atoms with van der Waals surface area (Å²) in [5, 5.41) is 30.8. The molecule has 0 bridgehead atoms. The third-order valence-corrected chi connectivity index (χ3v) is 10.4. The van der Waals surface area contributed by atoms with E-state index in [1.165, 1.54) is 64.2 Å². The topological polar surface area (TPSA) is 186 Å². The second-order valence-electron chi connectivity index (χ2n) is 15.0. The van der Waals surface area contributed by atoms with Gasteiger partial charge in [0.15, 0.2) is 12.4 Å². The van der Waals surface area contributed by atoms with E-state index in [0.717, 1.165) is 57.8 Å². The molecule has 4 N–H and O–H groups in total. The highest BCUT2D eigenvalue weighted by Gasteiger charge is 2.46. The van der Waals surface area contributed by atoms with Gasteiger partial charge in [0, 0.05) is 12.8 Å². The highest BCUT2D eigenvalue weighted by Crippen LogP contribution is 2.24. The monoisotopic (exact) mass is 829 g/mol. The van der Waals surface area contributed by atoms with E-state index in [0.29, 0.717) is 12.8 Å². The van der Waals surface area contributed by atoms with Gasteiger partial charge in [0.2, 0.25) is 0 Å². The van der Waals surface area contributed by atoms with Crippen molar-refractivity contribution < 1.29 is 56.8 Å². The van der Waals surface area contributed by atoms with Crippen molar-refractivity contribution in [3.8, 4) is 0 Å². The Morgan fingerprint density at radius 1 is 0.614 bits per heavy atom. The van der Waals surface area contributed by atoms with Crippen molar-refractivity contribution in [3.05, 3.63) is 48.6 Å². The van der Waals surface area contributed by atoms with Gasteiger partial charge in [-0.2, -0.15) is 8.42 Å². The van der Waals surface area contributed by atoms with E-state index < -0.39 is 71.2 Å². The van der Waals surface area contributed by atoms with Gasteiger partial charge >= 0.3 is 11.9 Å². The second-order valence-corrected chi connectivity index (χ2v) is 16.5. The summed E-state index contributed by atoms with van der Waals surface area (Å²) in [6.07, 6.45) is 30.2. The molecule has 6 atom stereocenters. The minimum Gasteiger partial charge on any atom is -0.462 e. The molecule has 0 amide bonds. The lowest BCUT2D eigenvalue weighted by Gasteiger charge is -2.40. The minimum atomic E-state index is -4.60. The minimum absolute atomic E-state index is 0.156. The standard InChI is InChI=1S/C44H76O12S/c1-3-5-7-9-11-13-15-17-19-21-22-24-26-28-30-32-39(45)53-34-37(35-54-44-43(49)42(48)41(47)38(56-44)36-57(50,51)52)55-40(46)33-31-29-27-25-23-20-18-16-14-12-10-8-6-4-2/h5,7,11,13,17,19,22,24,37-38,41-44,47-49H,3-4,6,8-10,12,14-16,18,20-21,23,25-36H2,1-2H3,(H,50,51,52)/b7-5+,13-11+,19-17+,24-22+/t37-,38-,41-,42?,43?,44+/m1/s1. The highest BCUT2D eigenvalue weighted by molar-refractivity contribution is 7.85. The Morgan fingerprint density at radius 2 is 1.11 bits per heavy atom. The van der Waals surface area contributed by atoms with Crippen molar-refractivity contribution in [1.29, 1.82) is 0 Å². The molecule has 1 rings (SSSR count). The first-order valence-corrected chi connectivity index (χ1v) is 23.3. The zero-order chi connectivity index (χ0) is 42.0. The van der Waals surface area contributed by atoms with Crippen LogP contribution in [0.25, 0.3) is 0 Å². The average Bonchev–Trinajstić information content (AvgIpc) is 3.17. The molecular weight excluding hydrogens is 753 g/mol. The molecule has 2 unspecified atom stereocenters. The first kappa shape index (κ1) is 52.6. The summed E-state index contributed by atoms with van der Waals surface area (Å²) in [6, 6.07) is 0. The van der Waals surface area contributed by atoms with Crippen LogP contribution >= 0.6 is 0 Å². The van der Waals surface area contributed by atoms with Crippen LogP contribution in [0, 0.1) is 0 Å². The molecule has 13 heteroatoms. The van der Waals surface area contributed by atoms with Crippen molar-refractivity contribution in [1.82, 2.24) is 0 Å². The van der Waals surface area contributed by atoms with Crippen LogP contribution < -0.4 is 0 Å². The molecule has 0 aliphatic carbocycles. The fraction of sp³-hybridized carbons (Fsp3) is 0.773. The Labute approximate surface area is 343 Å². The van der Waals surface area contributed by atoms with Gasteiger partial charge in [-0.05, 0) is 51.4 Å². The second kappa shape index (κ2) is 34.5. The molecule has 1 heterocycles. The number of ether oxygens (including phenoxy) is 4. The Kier molecular flexibility index (Phi) is 31.8. The molecule has 1 aliphatic rings. The van der Waals surface area contributed by atoms with Crippen LogP contribution in [0.2, 0.25) is 0 Å². The number of carbonyl (C=O) groups is 2. The molecule has 0 aromatic rings. The van der Waals surface area contributed by atoms with E-state index >= 15 is 0 Å². The van der Waals surface area contributed by atoms with E-state index in [9.17, 15) is 37.9 Å². The van der Waals surface area contributed by atoms with Gasteiger partial charge in [0.25, 0.3) is 10.1 Å². The number of aliphatic hydroxyl groups excluding tert-OH is 3. The van der Waals surface area contributed by atoms with E-state index in [-0.39, 0.29) is 19.4 Å². The third kappa shape index (κ3) is 29.5. The number of allylic oxidation sites excluding steroid dienone is 8. The third-order valence-electron chi connectivity index (χ3n) is 9.67. The van der Waals surface area contributed by atoms with Gasteiger partial charge in [-0.1, -0.05) is 146 Å². The molecular formula is C44H76O12S.